The standard InChI is InChI=1S/C11H15N3O5/c1-4-18-11(17)10(16)12-7(3)9(15)13-8-5-6(2)19-14-8/h5,7H,4H2,1-3H3,(H,12,16)(H,13,14,15)/t7-/m0/s1. The number of nitrogens with one attached hydrogen (secondary N) is 2. The summed E-state index contributed by atoms with van der Waals surface area (Å²) in [6.07, 6.45) is 0. The van der Waals surface area contributed by atoms with Crippen LogP contribution in [0.1, 0.15) is 19.6 Å². The SMILES string of the molecule is CCOC(=O)C(=O)N[C@@H](C)C(=O)Nc1cc(C)on1. The molecule has 0 unspecified atom stereocenters. The van der Waals surface area contributed by atoms with Gasteiger partial charge in [0.2, 0.25) is 5.91 Å². The average Bonchev–Trinajstić information content (AvgIpc) is 2.74. The Morgan fingerprint density at radius 3 is 2.68 bits per heavy atom. The van der Waals surface area contributed by atoms with Crippen molar-refractivity contribution in [1.82, 2.24) is 10.5 Å². The summed E-state index contributed by atoms with van der Waals surface area (Å²) >= 11 is 0. The van der Waals surface area contributed by atoms with Gasteiger partial charge in [-0.1, -0.05) is 5.16 Å². The third kappa shape index (κ3) is 4.41. The molecule has 8 heteroatoms. The van der Waals surface area contributed by atoms with Gasteiger partial charge in [0.1, 0.15) is 11.8 Å². The van der Waals surface area contributed by atoms with E-state index in [1.807, 2.05) is 0 Å². The minimum absolute atomic E-state index is 0.0883. The van der Waals surface area contributed by atoms with Gasteiger partial charge < -0.3 is 19.9 Å². The van der Waals surface area contributed by atoms with Crippen molar-refractivity contribution in [2.75, 3.05) is 11.9 Å². The number of nitrogens with zero attached hydrogens (tertiary/aromatic N) is 1. The first kappa shape index (κ1) is 14.7. The highest BCUT2D eigenvalue weighted by Gasteiger charge is 2.21. The van der Waals surface area contributed by atoms with E-state index >= 15 is 0 Å². The normalized spacial score (nSPS) is 11.5. The maximum Gasteiger partial charge on any atom is 0.396 e. The molecule has 1 rings (SSSR count). The van der Waals surface area contributed by atoms with Crippen LogP contribution in [0.3, 0.4) is 0 Å². The first-order valence-electron chi connectivity index (χ1n) is 5.65. The summed E-state index contributed by atoms with van der Waals surface area (Å²) < 4.78 is 9.27. The molecule has 2 amide bonds. The van der Waals surface area contributed by atoms with Gasteiger partial charge >= 0.3 is 11.9 Å². The highest BCUT2D eigenvalue weighted by atomic mass is 16.5. The second kappa shape index (κ2) is 6.53. The molecule has 0 aliphatic heterocycles. The summed E-state index contributed by atoms with van der Waals surface area (Å²) in [6, 6.07) is 0.617. The predicted octanol–water partition coefficient (Wildman–Crippen LogP) is -0.0107. The van der Waals surface area contributed by atoms with Gasteiger partial charge in [-0.2, -0.15) is 0 Å². The van der Waals surface area contributed by atoms with Crippen LogP contribution in [0.2, 0.25) is 0 Å². The van der Waals surface area contributed by atoms with E-state index < -0.39 is 23.8 Å². The summed E-state index contributed by atoms with van der Waals surface area (Å²) in [4.78, 5) is 34.1. The lowest BCUT2D eigenvalue weighted by atomic mass is 10.3. The molecule has 2 N–H and O–H groups in total. The van der Waals surface area contributed by atoms with Crippen molar-refractivity contribution in [1.29, 1.82) is 0 Å². The molecule has 1 aromatic heterocycles. The highest BCUT2D eigenvalue weighted by molar-refractivity contribution is 6.33. The number of hydrogen-bond donors (Lipinski definition) is 2. The van der Waals surface area contributed by atoms with Crippen molar-refractivity contribution >= 4 is 23.6 Å². The molecule has 0 aromatic carbocycles. The second-order valence-electron chi connectivity index (χ2n) is 3.73. The van der Waals surface area contributed by atoms with Crippen molar-refractivity contribution in [2.45, 2.75) is 26.8 Å². The molecule has 0 spiro atoms. The molecule has 0 radical (unpaired) electrons. The number of aryl methyl sites for hydroxylation is 1. The van der Waals surface area contributed by atoms with Crippen LogP contribution < -0.4 is 10.6 Å². The number of ether oxygens (including phenoxy) is 1. The molecule has 0 aliphatic carbocycles. The molecule has 0 fully saturated rings. The Bertz CT molecular complexity index is 482. The predicted molar refractivity (Wildman–Crippen MR) is 64.1 cm³/mol. The van der Waals surface area contributed by atoms with Crippen LogP contribution in [0.25, 0.3) is 0 Å². The summed E-state index contributed by atoms with van der Waals surface area (Å²) in [7, 11) is 0. The summed E-state index contributed by atoms with van der Waals surface area (Å²) in [5.74, 6) is -1.75. The number of hydrogen-bond acceptors (Lipinski definition) is 6. The largest absolute Gasteiger partial charge is 0.459 e. The van der Waals surface area contributed by atoms with Crippen molar-refractivity contribution in [2.24, 2.45) is 0 Å². The van der Waals surface area contributed by atoms with Crippen LogP contribution in [0.5, 0.6) is 0 Å². The van der Waals surface area contributed by atoms with Crippen molar-refractivity contribution in [3.8, 4) is 0 Å². The Hall–Kier alpha value is -2.38. The van der Waals surface area contributed by atoms with Crippen LogP contribution in [0.15, 0.2) is 10.6 Å². The monoisotopic (exact) mass is 269 g/mol. The zero-order valence-electron chi connectivity index (χ0n) is 10.9. The number of carbonyl (C=O) groups excluding carboxylic acids is 3. The summed E-state index contributed by atoms with van der Waals surface area (Å²) in [6.45, 7) is 4.77. The summed E-state index contributed by atoms with van der Waals surface area (Å²) in [5.41, 5.74) is 0. The number of rotatable bonds is 4. The molecule has 0 aliphatic rings. The fourth-order valence-electron chi connectivity index (χ4n) is 1.18. The Kier molecular flexibility index (Phi) is 5.04. The smallest absolute Gasteiger partial charge is 0.396 e. The minimum atomic E-state index is -1.03. The molecule has 0 saturated carbocycles. The first-order chi connectivity index (χ1) is 8.93. The molecule has 0 bridgehead atoms. The lowest BCUT2D eigenvalue weighted by Gasteiger charge is -2.11. The highest BCUT2D eigenvalue weighted by Crippen LogP contribution is 2.07. The van der Waals surface area contributed by atoms with E-state index in [0.29, 0.717) is 5.76 Å². The topological polar surface area (TPSA) is 111 Å². The van der Waals surface area contributed by atoms with Gasteiger partial charge in [0.25, 0.3) is 0 Å². The quantitative estimate of drug-likeness (QED) is 0.587. The fourth-order valence-corrected chi connectivity index (χ4v) is 1.18. The van der Waals surface area contributed by atoms with Gasteiger partial charge in [-0.25, -0.2) is 4.79 Å². The van der Waals surface area contributed by atoms with Crippen molar-refractivity contribution < 1.29 is 23.6 Å². The second-order valence-corrected chi connectivity index (χ2v) is 3.73. The first-order valence-corrected chi connectivity index (χ1v) is 5.65. The van der Waals surface area contributed by atoms with E-state index in [2.05, 4.69) is 20.5 Å². The Morgan fingerprint density at radius 1 is 1.47 bits per heavy atom. The molecule has 1 heterocycles. The van der Waals surface area contributed by atoms with Gasteiger partial charge in [-0.3, -0.25) is 9.59 Å². The lowest BCUT2D eigenvalue weighted by molar-refractivity contribution is -0.155. The van der Waals surface area contributed by atoms with E-state index in [1.165, 1.54) is 13.0 Å². The maximum absolute atomic E-state index is 11.7. The Labute approximate surface area is 109 Å². The van der Waals surface area contributed by atoms with Gasteiger partial charge in [-0.15, -0.1) is 0 Å². The van der Waals surface area contributed by atoms with E-state index in [1.54, 1.807) is 13.8 Å². The third-order valence-corrected chi connectivity index (χ3v) is 2.08. The number of esters is 1. The molecule has 1 aromatic rings. The van der Waals surface area contributed by atoms with Crippen molar-refractivity contribution in [3.05, 3.63) is 11.8 Å². The van der Waals surface area contributed by atoms with Gasteiger partial charge in [0.15, 0.2) is 5.82 Å². The van der Waals surface area contributed by atoms with Crippen LogP contribution in [0, 0.1) is 6.92 Å². The van der Waals surface area contributed by atoms with Crippen LogP contribution in [-0.4, -0.2) is 35.6 Å². The number of anilines is 1. The van der Waals surface area contributed by atoms with E-state index in [4.69, 9.17) is 4.52 Å². The Morgan fingerprint density at radius 2 is 2.16 bits per heavy atom. The summed E-state index contributed by atoms with van der Waals surface area (Å²) in [5, 5.41) is 8.21. The fraction of sp³-hybridized carbons (Fsp3) is 0.455. The number of carbonyl (C=O) groups is 3. The zero-order chi connectivity index (χ0) is 14.4. The molecular formula is C11H15N3O5. The van der Waals surface area contributed by atoms with Gasteiger partial charge in [0.05, 0.1) is 6.61 Å². The molecule has 8 nitrogen and oxygen atoms in total. The lowest BCUT2D eigenvalue weighted by Crippen LogP contribution is -2.45. The number of amides is 2. The molecule has 19 heavy (non-hydrogen) atoms. The van der Waals surface area contributed by atoms with E-state index in [9.17, 15) is 14.4 Å². The Balaban J connectivity index is 2.49. The maximum atomic E-state index is 11.7. The average molecular weight is 269 g/mol. The van der Waals surface area contributed by atoms with Crippen LogP contribution >= 0.6 is 0 Å². The van der Waals surface area contributed by atoms with Gasteiger partial charge in [-0.05, 0) is 20.8 Å². The van der Waals surface area contributed by atoms with E-state index in [-0.39, 0.29) is 12.4 Å². The van der Waals surface area contributed by atoms with Crippen LogP contribution in [-0.2, 0) is 19.1 Å². The molecule has 0 saturated heterocycles. The minimum Gasteiger partial charge on any atom is -0.459 e. The molecule has 104 valence electrons. The molecular weight excluding hydrogens is 254 g/mol. The van der Waals surface area contributed by atoms with Crippen molar-refractivity contribution in [3.63, 3.8) is 0 Å². The third-order valence-electron chi connectivity index (χ3n) is 2.08. The number of aromatic nitrogens is 1. The van der Waals surface area contributed by atoms with Crippen LogP contribution in [0.4, 0.5) is 5.82 Å². The van der Waals surface area contributed by atoms with E-state index in [0.717, 1.165) is 0 Å². The van der Waals surface area contributed by atoms with Gasteiger partial charge in [0, 0.05) is 6.07 Å². The molecule has 1 atom stereocenters. The zero-order valence-corrected chi connectivity index (χ0v) is 10.9.